The van der Waals surface area contributed by atoms with Crippen molar-refractivity contribution in [3.63, 3.8) is 0 Å². The second-order valence-electron chi connectivity index (χ2n) is 11.7. The number of aromatic nitrogens is 1. The number of thiazole rings is 1. The third-order valence-electron chi connectivity index (χ3n) is 7.77. The number of benzene rings is 3. The van der Waals surface area contributed by atoms with Crippen LogP contribution in [0.15, 0.2) is 81.0 Å². The summed E-state index contributed by atoms with van der Waals surface area (Å²) >= 11 is 17.7. The van der Waals surface area contributed by atoms with E-state index in [4.69, 9.17) is 23.2 Å². The maximum atomic E-state index is 14.1. The second kappa shape index (κ2) is 11.8. The van der Waals surface area contributed by atoms with Gasteiger partial charge in [0, 0.05) is 21.0 Å². The molecule has 3 amide bonds. The molecule has 4 aromatic rings. The summed E-state index contributed by atoms with van der Waals surface area (Å²) in [4.78, 5) is 56.2. The molecule has 44 heavy (non-hydrogen) atoms. The third kappa shape index (κ3) is 5.67. The molecule has 0 radical (unpaired) electrons. The molecule has 1 fully saturated rings. The zero-order chi connectivity index (χ0) is 31.5. The van der Waals surface area contributed by atoms with E-state index in [0.29, 0.717) is 26.3 Å². The summed E-state index contributed by atoms with van der Waals surface area (Å²) in [5, 5.41) is 3.15. The highest BCUT2D eigenvalue weighted by Gasteiger charge is 2.56. The SMILES string of the molecule is CC(C)(C)c1ccc([C@H]2c3sc(=O)n(CC(=O)Nc4ccc(Cl)c(Cl)c4)c3SC3C(=O)N(c4ccc(Br)cc4)C(=O)C32)cc1. The highest BCUT2D eigenvalue weighted by Crippen LogP contribution is 2.54. The maximum Gasteiger partial charge on any atom is 0.308 e. The average molecular weight is 732 g/mol. The van der Waals surface area contributed by atoms with E-state index in [1.807, 2.05) is 24.3 Å². The van der Waals surface area contributed by atoms with Gasteiger partial charge in [0.25, 0.3) is 0 Å². The van der Waals surface area contributed by atoms with Crippen LogP contribution < -0.4 is 15.1 Å². The summed E-state index contributed by atoms with van der Waals surface area (Å²) in [6.07, 6.45) is 0. The first-order chi connectivity index (χ1) is 20.8. The van der Waals surface area contributed by atoms with E-state index < -0.39 is 23.0 Å². The third-order valence-corrected chi connectivity index (χ3v) is 11.6. The number of hydrogen-bond acceptors (Lipinski definition) is 6. The van der Waals surface area contributed by atoms with Gasteiger partial charge in [0.2, 0.25) is 17.7 Å². The molecule has 3 aromatic carbocycles. The fraction of sp³-hybridized carbons (Fsp3) is 0.250. The molecule has 0 saturated carbocycles. The Hall–Kier alpha value is -2.89. The molecule has 0 aliphatic carbocycles. The van der Waals surface area contributed by atoms with Gasteiger partial charge in [-0.3, -0.25) is 23.7 Å². The lowest BCUT2D eigenvalue weighted by atomic mass is 9.81. The molecule has 2 aliphatic heterocycles. The van der Waals surface area contributed by atoms with Crippen LogP contribution in [0.5, 0.6) is 0 Å². The van der Waals surface area contributed by atoms with Crippen LogP contribution in [0.4, 0.5) is 11.4 Å². The molecule has 2 aliphatic rings. The number of imide groups is 1. The van der Waals surface area contributed by atoms with Gasteiger partial charge < -0.3 is 5.32 Å². The standard InChI is InChI=1S/C32H26BrCl2N3O4S2/c1-32(2,3)17-6-4-16(5-7-17)24-25-26(29(41)38(28(25)40)20-11-8-18(33)9-12-20)43-30-27(24)44-31(42)37(30)15-23(39)36-19-10-13-21(34)22(35)14-19/h4-14,24-26H,15H2,1-3H3,(H,36,39)/t24-,25?,26?/m1/s1. The molecular weight excluding hydrogens is 705 g/mol. The number of nitrogens with zero attached hydrogens (tertiary/aromatic N) is 2. The van der Waals surface area contributed by atoms with Gasteiger partial charge in [-0.15, -0.1) is 0 Å². The van der Waals surface area contributed by atoms with Gasteiger partial charge in [0.15, 0.2) is 0 Å². The summed E-state index contributed by atoms with van der Waals surface area (Å²) in [5.41, 5.74) is 2.80. The van der Waals surface area contributed by atoms with Crippen LogP contribution in [-0.4, -0.2) is 27.5 Å². The van der Waals surface area contributed by atoms with Crippen LogP contribution in [-0.2, 0) is 26.3 Å². The van der Waals surface area contributed by atoms with Crippen molar-refractivity contribution in [1.29, 1.82) is 0 Å². The molecule has 0 bridgehead atoms. The molecular formula is C32H26BrCl2N3O4S2. The molecule has 6 rings (SSSR count). The monoisotopic (exact) mass is 729 g/mol. The van der Waals surface area contributed by atoms with Crippen molar-refractivity contribution in [2.75, 3.05) is 10.2 Å². The number of nitrogens with one attached hydrogen (secondary N) is 1. The van der Waals surface area contributed by atoms with E-state index in [0.717, 1.165) is 26.9 Å². The van der Waals surface area contributed by atoms with Crippen LogP contribution >= 0.6 is 62.2 Å². The Morgan fingerprint density at radius 3 is 2.25 bits per heavy atom. The van der Waals surface area contributed by atoms with Crippen LogP contribution in [0.25, 0.3) is 0 Å². The normalized spacial score (nSPS) is 19.6. The molecule has 1 N–H and O–H groups in total. The molecule has 3 atom stereocenters. The van der Waals surface area contributed by atoms with Crippen LogP contribution in [0.2, 0.25) is 10.0 Å². The molecule has 3 heterocycles. The summed E-state index contributed by atoms with van der Waals surface area (Å²) in [7, 11) is 0. The first-order valence-electron chi connectivity index (χ1n) is 13.7. The minimum atomic E-state index is -0.774. The number of hydrogen-bond donors (Lipinski definition) is 1. The summed E-state index contributed by atoms with van der Waals surface area (Å²) in [5.74, 6) is -2.36. The topological polar surface area (TPSA) is 88.5 Å². The summed E-state index contributed by atoms with van der Waals surface area (Å²) in [6, 6.07) is 19.8. The Morgan fingerprint density at radius 2 is 1.61 bits per heavy atom. The zero-order valence-electron chi connectivity index (χ0n) is 23.8. The first-order valence-corrected chi connectivity index (χ1v) is 17.0. The number of rotatable bonds is 5. The van der Waals surface area contributed by atoms with Crippen molar-refractivity contribution >= 4 is 91.3 Å². The highest BCUT2D eigenvalue weighted by atomic mass is 79.9. The van der Waals surface area contributed by atoms with Gasteiger partial charge in [0.1, 0.15) is 11.8 Å². The van der Waals surface area contributed by atoms with Crippen molar-refractivity contribution in [3.05, 3.63) is 107 Å². The quantitative estimate of drug-likeness (QED) is 0.213. The lowest BCUT2D eigenvalue weighted by Crippen LogP contribution is -2.33. The maximum absolute atomic E-state index is 14.1. The van der Waals surface area contributed by atoms with Crippen LogP contribution in [0.3, 0.4) is 0 Å². The Balaban J connectivity index is 1.41. The highest BCUT2D eigenvalue weighted by molar-refractivity contribution is 9.10. The predicted molar refractivity (Wildman–Crippen MR) is 180 cm³/mol. The Morgan fingerprint density at radius 1 is 0.932 bits per heavy atom. The van der Waals surface area contributed by atoms with Gasteiger partial charge in [-0.1, -0.05) is 107 Å². The number of thioether (sulfide) groups is 1. The average Bonchev–Trinajstić information content (AvgIpc) is 3.41. The van der Waals surface area contributed by atoms with Crippen molar-refractivity contribution < 1.29 is 14.4 Å². The van der Waals surface area contributed by atoms with E-state index in [-0.39, 0.29) is 33.7 Å². The molecule has 2 unspecified atom stereocenters. The number of amides is 3. The molecule has 226 valence electrons. The Labute approximate surface area is 280 Å². The Kier molecular flexibility index (Phi) is 8.34. The van der Waals surface area contributed by atoms with Crippen LogP contribution in [0, 0.1) is 5.92 Å². The molecule has 7 nitrogen and oxygen atoms in total. The molecule has 12 heteroatoms. The molecule has 1 saturated heterocycles. The second-order valence-corrected chi connectivity index (χ2v) is 15.6. The van der Waals surface area contributed by atoms with E-state index >= 15 is 0 Å². The lowest BCUT2D eigenvalue weighted by molar-refractivity contribution is -0.122. The fourth-order valence-corrected chi connectivity index (χ4v) is 8.90. The first kappa shape index (κ1) is 31.1. The Bertz CT molecular complexity index is 1870. The molecule has 1 aromatic heterocycles. The van der Waals surface area contributed by atoms with Crippen molar-refractivity contribution in [3.8, 4) is 0 Å². The number of halogens is 3. The smallest absolute Gasteiger partial charge is 0.308 e. The van der Waals surface area contributed by atoms with Gasteiger partial charge in [-0.05, 0) is 59.0 Å². The van der Waals surface area contributed by atoms with E-state index in [2.05, 4.69) is 42.0 Å². The van der Waals surface area contributed by atoms with Crippen molar-refractivity contribution in [2.24, 2.45) is 5.92 Å². The van der Waals surface area contributed by atoms with E-state index in [9.17, 15) is 19.2 Å². The summed E-state index contributed by atoms with van der Waals surface area (Å²) < 4.78 is 2.22. The number of carbonyl (C=O) groups is 3. The summed E-state index contributed by atoms with van der Waals surface area (Å²) in [6.45, 7) is 6.09. The zero-order valence-corrected chi connectivity index (χ0v) is 28.5. The van der Waals surface area contributed by atoms with Crippen LogP contribution in [0.1, 0.15) is 42.7 Å². The number of anilines is 2. The largest absolute Gasteiger partial charge is 0.324 e. The minimum Gasteiger partial charge on any atom is -0.324 e. The minimum absolute atomic E-state index is 0.0814. The van der Waals surface area contributed by atoms with Gasteiger partial charge in [-0.2, -0.15) is 0 Å². The van der Waals surface area contributed by atoms with Crippen molar-refractivity contribution in [2.45, 2.75) is 48.9 Å². The van der Waals surface area contributed by atoms with E-state index in [1.54, 1.807) is 36.4 Å². The fourth-order valence-electron chi connectivity index (χ4n) is 5.57. The van der Waals surface area contributed by atoms with Gasteiger partial charge in [0.05, 0.1) is 26.7 Å². The molecule has 0 spiro atoms. The van der Waals surface area contributed by atoms with Gasteiger partial charge >= 0.3 is 4.87 Å². The predicted octanol–water partition coefficient (Wildman–Crippen LogP) is 7.71. The number of fused-ring (bicyclic) bond motifs is 2. The number of carbonyl (C=O) groups excluding carboxylic acids is 3. The van der Waals surface area contributed by atoms with Crippen molar-refractivity contribution in [1.82, 2.24) is 4.57 Å². The van der Waals surface area contributed by atoms with Gasteiger partial charge in [-0.25, -0.2) is 4.90 Å². The van der Waals surface area contributed by atoms with E-state index in [1.165, 1.54) is 27.3 Å². The lowest BCUT2D eigenvalue weighted by Gasteiger charge is -2.31.